The number of aromatic nitrogens is 2. The Morgan fingerprint density at radius 1 is 1.16 bits per heavy atom. The first-order valence-corrected chi connectivity index (χ1v) is 8.18. The molecule has 2 rings (SSSR count). The van der Waals surface area contributed by atoms with Crippen LogP contribution in [0.15, 0.2) is 30.3 Å². The summed E-state index contributed by atoms with van der Waals surface area (Å²) in [5, 5.41) is 8.67. The van der Waals surface area contributed by atoms with E-state index >= 15 is 0 Å². The lowest BCUT2D eigenvalue weighted by Gasteiger charge is -2.12. The molecule has 132 valence electrons. The molecule has 1 aromatic heterocycles. The van der Waals surface area contributed by atoms with Crippen LogP contribution in [0.4, 0.5) is 17.3 Å². The predicted octanol–water partition coefficient (Wildman–Crippen LogP) is 3.02. The molecule has 3 N–H and O–H groups in total. The quantitative estimate of drug-likeness (QED) is 0.750. The summed E-state index contributed by atoms with van der Waals surface area (Å²) in [5.41, 5.74) is 2.38. The molecule has 0 fully saturated rings. The first kappa shape index (κ1) is 18.4. The molecule has 7 heteroatoms. The van der Waals surface area contributed by atoms with Crippen LogP contribution in [0.3, 0.4) is 0 Å². The Labute approximate surface area is 147 Å². The molecule has 1 atom stereocenters. The molecule has 1 aromatic carbocycles. The largest absolute Gasteiger partial charge is 0.348 e. The molecule has 1 heterocycles. The van der Waals surface area contributed by atoms with Gasteiger partial charge in [-0.05, 0) is 44.5 Å². The summed E-state index contributed by atoms with van der Waals surface area (Å²) in [6.07, 6.45) is 0.844. The van der Waals surface area contributed by atoms with Gasteiger partial charge in [-0.15, -0.1) is 0 Å². The molecule has 2 amide bonds. The zero-order valence-electron chi connectivity index (χ0n) is 14.9. The van der Waals surface area contributed by atoms with Gasteiger partial charge in [0.25, 0.3) is 5.91 Å². The number of hydrogen-bond acceptors (Lipinski definition) is 5. The predicted molar refractivity (Wildman–Crippen MR) is 98.0 cm³/mol. The van der Waals surface area contributed by atoms with E-state index in [9.17, 15) is 9.59 Å². The normalized spacial score (nSPS) is 11.5. The highest BCUT2D eigenvalue weighted by Gasteiger charge is 2.12. The van der Waals surface area contributed by atoms with Gasteiger partial charge in [0.05, 0.1) is 0 Å². The van der Waals surface area contributed by atoms with Crippen LogP contribution in [-0.2, 0) is 4.79 Å². The lowest BCUT2D eigenvalue weighted by Crippen LogP contribution is -2.32. The van der Waals surface area contributed by atoms with Crippen LogP contribution in [0.1, 0.15) is 43.4 Å². The highest BCUT2D eigenvalue weighted by Crippen LogP contribution is 2.18. The third-order valence-electron chi connectivity index (χ3n) is 3.52. The van der Waals surface area contributed by atoms with Crippen molar-refractivity contribution in [1.29, 1.82) is 0 Å². The number of benzene rings is 1. The number of anilines is 3. The van der Waals surface area contributed by atoms with E-state index in [4.69, 9.17) is 0 Å². The van der Waals surface area contributed by atoms with Crippen molar-refractivity contribution < 1.29 is 9.59 Å². The zero-order chi connectivity index (χ0) is 18.4. The molecule has 0 aliphatic carbocycles. The molecule has 1 unspecified atom stereocenters. The van der Waals surface area contributed by atoms with Gasteiger partial charge in [0.15, 0.2) is 0 Å². The summed E-state index contributed by atoms with van der Waals surface area (Å²) in [4.78, 5) is 32.0. The number of nitrogens with one attached hydrogen (secondary N) is 3. The Kier molecular flexibility index (Phi) is 6.05. The SMILES string of the molecule is CCC(C)NC(=O)c1cc(C)nc(Nc2cccc(NC(C)=O)c2)n1. The van der Waals surface area contributed by atoms with Crippen molar-refractivity contribution in [3.8, 4) is 0 Å². The molecule has 7 nitrogen and oxygen atoms in total. The monoisotopic (exact) mass is 341 g/mol. The van der Waals surface area contributed by atoms with Crippen molar-refractivity contribution in [3.05, 3.63) is 41.7 Å². The fraction of sp³-hybridized carbons (Fsp3) is 0.333. The Balaban J connectivity index is 2.20. The number of carbonyl (C=O) groups is 2. The molecule has 0 aliphatic rings. The van der Waals surface area contributed by atoms with Crippen LogP contribution in [0.2, 0.25) is 0 Å². The van der Waals surface area contributed by atoms with E-state index in [0.29, 0.717) is 28.7 Å². The van der Waals surface area contributed by atoms with Crippen molar-refractivity contribution in [3.63, 3.8) is 0 Å². The smallest absolute Gasteiger partial charge is 0.270 e. The Bertz CT molecular complexity index is 776. The maximum absolute atomic E-state index is 12.3. The number of hydrogen-bond donors (Lipinski definition) is 3. The fourth-order valence-corrected chi connectivity index (χ4v) is 2.15. The topological polar surface area (TPSA) is 96.0 Å². The molecule has 0 saturated carbocycles. The minimum atomic E-state index is -0.227. The summed E-state index contributed by atoms with van der Waals surface area (Å²) in [5.74, 6) is -0.0443. The number of rotatable bonds is 6. The number of carbonyl (C=O) groups excluding carboxylic acids is 2. The molecule has 0 spiro atoms. The van der Waals surface area contributed by atoms with E-state index in [0.717, 1.165) is 6.42 Å². The average Bonchev–Trinajstić information content (AvgIpc) is 2.53. The van der Waals surface area contributed by atoms with Crippen LogP contribution in [-0.4, -0.2) is 27.8 Å². The lowest BCUT2D eigenvalue weighted by atomic mass is 10.2. The maximum Gasteiger partial charge on any atom is 0.270 e. The van der Waals surface area contributed by atoms with Gasteiger partial charge in [-0.2, -0.15) is 0 Å². The molecule has 0 radical (unpaired) electrons. The number of nitrogens with zero attached hydrogens (tertiary/aromatic N) is 2. The average molecular weight is 341 g/mol. The van der Waals surface area contributed by atoms with Crippen LogP contribution >= 0.6 is 0 Å². The summed E-state index contributed by atoms with van der Waals surface area (Å²) < 4.78 is 0. The minimum absolute atomic E-state index is 0.0773. The van der Waals surface area contributed by atoms with E-state index in [1.807, 2.05) is 19.9 Å². The molecular weight excluding hydrogens is 318 g/mol. The van der Waals surface area contributed by atoms with E-state index in [1.54, 1.807) is 31.2 Å². The molecule has 0 bridgehead atoms. The summed E-state index contributed by atoms with van der Waals surface area (Å²) in [6, 6.07) is 8.92. The van der Waals surface area contributed by atoms with Crippen molar-refractivity contribution in [2.24, 2.45) is 0 Å². The Hall–Kier alpha value is -2.96. The first-order valence-electron chi connectivity index (χ1n) is 8.18. The third kappa shape index (κ3) is 5.56. The lowest BCUT2D eigenvalue weighted by molar-refractivity contribution is -0.114. The van der Waals surface area contributed by atoms with E-state index in [1.165, 1.54) is 6.92 Å². The summed E-state index contributed by atoms with van der Waals surface area (Å²) in [7, 11) is 0. The van der Waals surface area contributed by atoms with Gasteiger partial charge in [-0.25, -0.2) is 9.97 Å². The second-order valence-corrected chi connectivity index (χ2v) is 5.89. The summed E-state index contributed by atoms with van der Waals surface area (Å²) >= 11 is 0. The Morgan fingerprint density at radius 2 is 1.88 bits per heavy atom. The van der Waals surface area contributed by atoms with E-state index < -0.39 is 0 Å². The van der Waals surface area contributed by atoms with Crippen LogP contribution in [0.25, 0.3) is 0 Å². The standard InChI is InChI=1S/C18H23N5O2/c1-5-11(2)19-17(25)16-9-12(3)20-18(23-16)22-15-8-6-7-14(10-15)21-13(4)24/h6-11H,5H2,1-4H3,(H,19,25)(H,21,24)(H,20,22,23). The number of amides is 2. The molecular formula is C18H23N5O2. The molecule has 25 heavy (non-hydrogen) atoms. The van der Waals surface area contributed by atoms with Gasteiger partial charge in [0.2, 0.25) is 11.9 Å². The van der Waals surface area contributed by atoms with Crippen molar-refractivity contribution in [2.45, 2.75) is 40.2 Å². The first-order chi connectivity index (χ1) is 11.9. The van der Waals surface area contributed by atoms with Crippen molar-refractivity contribution in [1.82, 2.24) is 15.3 Å². The second-order valence-electron chi connectivity index (χ2n) is 5.89. The van der Waals surface area contributed by atoms with Gasteiger partial charge in [0, 0.05) is 30.0 Å². The van der Waals surface area contributed by atoms with Gasteiger partial charge < -0.3 is 16.0 Å². The molecule has 0 saturated heterocycles. The van der Waals surface area contributed by atoms with Crippen molar-refractivity contribution >= 4 is 29.1 Å². The van der Waals surface area contributed by atoms with Gasteiger partial charge in [-0.3, -0.25) is 9.59 Å². The number of aryl methyl sites for hydroxylation is 1. The van der Waals surface area contributed by atoms with Crippen LogP contribution in [0.5, 0.6) is 0 Å². The minimum Gasteiger partial charge on any atom is -0.348 e. The molecule has 0 aliphatic heterocycles. The molecule has 2 aromatic rings. The summed E-state index contributed by atoms with van der Waals surface area (Å²) in [6.45, 7) is 7.20. The van der Waals surface area contributed by atoms with Crippen molar-refractivity contribution in [2.75, 3.05) is 10.6 Å². The van der Waals surface area contributed by atoms with Gasteiger partial charge in [-0.1, -0.05) is 13.0 Å². The maximum atomic E-state index is 12.3. The van der Waals surface area contributed by atoms with Gasteiger partial charge in [0.1, 0.15) is 5.69 Å². The van der Waals surface area contributed by atoms with E-state index in [-0.39, 0.29) is 17.9 Å². The van der Waals surface area contributed by atoms with Gasteiger partial charge >= 0.3 is 0 Å². The highest BCUT2D eigenvalue weighted by atomic mass is 16.2. The van der Waals surface area contributed by atoms with Crippen LogP contribution in [0, 0.1) is 6.92 Å². The fourth-order valence-electron chi connectivity index (χ4n) is 2.15. The van der Waals surface area contributed by atoms with E-state index in [2.05, 4.69) is 25.9 Å². The third-order valence-corrected chi connectivity index (χ3v) is 3.52. The Morgan fingerprint density at radius 3 is 2.56 bits per heavy atom. The second kappa shape index (κ2) is 8.23. The zero-order valence-corrected chi connectivity index (χ0v) is 14.9. The van der Waals surface area contributed by atoms with Crippen LogP contribution < -0.4 is 16.0 Å². The highest BCUT2D eigenvalue weighted by molar-refractivity contribution is 5.93.